The molecule has 8 nitrogen and oxygen atoms in total. The maximum absolute atomic E-state index is 14.2. The van der Waals surface area contributed by atoms with Gasteiger partial charge in [0.2, 0.25) is 0 Å². The van der Waals surface area contributed by atoms with E-state index in [0.717, 1.165) is 44.9 Å². The van der Waals surface area contributed by atoms with Gasteiger partial charge >= 0.3 is 101 Å². The van der Waals surface area contributed by atoms with Crippen molar-refractivity contribution in [3.63, 3.8) is 0 Å². The molecule has 0 aliphatic heterocycles. The zero-order chi connectivity index (χ0) is 76.5. The largest absolute Gasteiger partial charge is 0.494 e. The van der Waals surface area contributed by atoms with Crippen molar-refractivity contribution < 1.29 is 170 Å². The third kappa shape index (κ3) is 20.5. The van der Waals surface area contributed by atoms with Crippen LogP contribution in [0.15, 0.2) is 66.7 Å². The first kappa shape index (κ1) is 87.8. The number of hydrogen-bond acceptors (Lipinski definition) is 8. The van der Waals surface area contributed by atoms with Gasteiger partial charge in [-0.2, -0.15) is 132 Å². The molecule has 572 valence electrons. The average Bonchev–Trinajstić information content (AvgIpc) is 0.710. The van der Waals surface area contributed by atoms with Crippen molar-refractivity contribution in [1.82, 2.24) is 0 Å². The summed E-state index contributed by atoms with van der Waals surface area (Å²) in [4.78, 5) is 39.4. The Kier molecular flexibility index (Phi) is 30.5. The zero-order valence-electron chi connectivity index (χ0n) is 52.3. The van der Waals surface area contributed by atoms with Crippen molar-refractivity contribution in [3.05, 3.63) is 83.4 Å². The van der Waals surface area contributed by atoms with Gasteiger partial charge in [0.1, 0.15) is 29.6 Å². The number of ether oxygens (including phenoxy) is 5. The Balaban J connectivity index is 1.54. The summed E-state index contributed by atoms with van der Waals surface area (Å²) in [7, 11) is 0. The molecule has 0 amide bonds. The van der Waals surface area contributed by atoms with E-state index in [1.54, 1.807) is 0 Å². The molecule has 0 radical (unpaired) electrons. The number of unbranched alkanes of at least 4 members (excludes halogenated alkanes) is 17. The SMILES string of the molecule is CCCCCCCCCCC(=O)OCc1cc(OC(=O)c2ccc(OCCCCCCCCC(F)(F)C(F)(F)C(F)(F)C(F)(F)C(F)(F)C(F)(F)C(F)(F)F)cc2)ccc1OC(=O)c1ccc(OCCCCCCCCC(F)(F)C(F)(F)C(F)(F)C(F)(F)C(F)(F)C(F)(F)C(F)(F)F)cc1. The smallest absolute Gasteiger partial charge is 0.460 e. The fraction of sp³-hybridized carbons (Fsp3) is 0.661. The molecule has 0 N–H and O–H groups in total. The number of halogens is 30. The number of benzene rings is 3. The summed E-state index contributed by atoms with van der Waals surface area (Å²) in [6.07, 6.45) is -15.2. The van der Waals surface area contributed by atoms with Crippen LogP contribution in [-0.2, 0) is 16.1 Å². The Morgan fingerprint density at radius 3 is 0.980 bits per heavy atom. The lowest BCUT2D eigenvalue weighted by Gasteiger charge is -2.41. The van der Waals surface area contributed by atoms with Gasteiger partial charge in [-0.1, -0.05) is 103 Å². The van der Waals surface area contributed by atoms with E-state index >= 15 is 0 Å². The lowest BCUT2D eigenvalue weighted by atomic mass is 9.89. The number of carbonyl (C=O) groups is 3. The molecule has 3 aromatic rings. The second-order valence-electron chi connectivity index (χ2n) is 23.1. The number of hydrogen-bond donors (Lipinski definition) is 0. The Labute approximate surface area is 551 Å². The van der Waals surface area contributed by atoms with Gasteiger partial charge in [0.25, 0.3) is 0 Å². The first-order valence-electron chi connectivity index (χ1n) is 30.6. The standard InChI is InChI=1S/C62H66F30O8/c1-2-3-4-5-6-7-12-17-22-46(93)98-38-41-37-44(99-47(94)39-23-27-42(28-24-39)96-35-20-15-10-8-13-18-33-49(63,64)51(67,68)53(71,72)55(75,76)57(79,80)59(83,84)61(87,88)89)31-32-45(41)100-48(95)40-25-29-43(30-26-40)97-36-21-16-11-9-14-19-34-50(65,66)52(69,70)54(73,74)56(77,78)58(81,82)60(85,86)62(90,91)92/h23-32,37H,2-22,33-36,38H2,1H3. The van der Waals surface area contributed by atoms with Gasteiger partial charge in [-0.3, -0.25) is 4.79 Å². The molecular weight excluding hydrogens is 1440 g/mol. The summed E-state index contributed by atoms with van der Waals surface area (Å²) in [5, 5.41) is 0. The molecule has 0 aliphatic carbocycles. The number of carbonyl (C=O) groups excluding carboxylic acids is 3. The fourth-order valence-electron chi connectivity index (χ4n) is 9.17. The van der Waals surface area contributed by atoms with Crippen LogP contribution < -0.4 is 18.9 Å². The van der Waals surface area contributed by atoms with Gasteiger partial charge in [-0.05, 0) is 98.8 Å². The average molecular weight is 1510 g/mol. The summed E-state index contributed by atoms with van der Waals surface area (Å²) in [6.45, 7) is 1.51. The zero-order valence-corrected chi connectivity index (χ0v) is 52.3. The van der Waals surface area contributed by atoms with E-state index in [1.165, 1.54) is 66.7 Å². The lowest BCUT2D eigenvalue weighted by molar-refractivity contribution is -0.452. The molecule has 0 fully saturated rings. The van der Waals surface area contributed by atoms with E-state index in [1.807, 2.05) is 0 Å². The van der Waals surface area contributed by atoms with Gasteiger partial charge in [-0.25, -0.2) is 9.59 Å². The molecule has 0 spiro atoms. The maximum Gasteiger partial charge on any atom is 0.460 e. The van der Waals surface area contributed by atoms with E-state index in [9.17, 15) is 146 Å². The highest BCUT2D eigenvalue weighted by Crippen LogP contribution is 2.65. The van der Waals surface area contributed by atoms with Gasteiger partial charge in [0, 0.05) is 24.8 Å². The highest BCUT2D eigenvalue weighted by atomic mass is 19.4. The lowest BCUT2D eigenvalue weighted by Crippen LogP contribution is -2.72. The minimum atomic E-state index is -8.35. The molecule has 100 heavy (non-hydrogen) atoms. The van der Waals surface area contributed by atoms with Crippen molar-refractivity contribution in [2.45, 2.75) is 245 Å². The van der Waals surface area contributed by atoms with Crippen LogP contribution in [0.3, 0.4) is 0 Å². The van der Waals surface area contributed by atoms with Crippen LogP contribution in [0.1, 0.15) is 181 Å². The molecular formula is C62H66F30O8. The van der Waals surface area contributed by atoms with E-state index in [4.69, 9.17) is 23.7 Å². The molecule has 0 saturated carbocycles. The summed E-state index contributed by atoms with van der Waals surface area (Å²) in [5.41, 5.74) is -0.0584. The third-order valence-corrected chi connectivity index (χ3v) is 15.3. The Bertz CT molecular complexity index is 3040. The van der Waals surface area contributed by atoms with E-state index in [-0.39, 0.29) is 111 Å². The van der Waals surface area contributed by atoms with Gasteiger partial charge in [0.05, 0.1) is 24.3 Å². The molecule has 0 atom stereocenters. The quantitative estimate of drug-likeness (QED) is 0.0239. The topological polar surface area (TPSA) is 97.4 Å². The molecule has 0 heterocycles. The van der Waals surface area contributed by atoms with Gasteiger partial charge in [-0.15, -0.1) is 0 Å². The van der Waals surface area contributed by atoms with Crippen molar-refractivity contribution in [2.75, 3.05) is 13.2 Å². The van der Waals surface area contributed by atoms with Crippen LogP contribution in [0.4, 0.5) is 132 Å². The molecule has 38 heteroatoms. The normalized spacial score (nSPS) is 13.9. The number of esters is 3. The van der Waals surface area contributed by atoms with Crippen LogP contribution >= 0.6 is 0 Å². The van der Waals surface area contributed by atoms with Crippen LogP contribution in [0, 0.1) is 0 Å². The molecule has 0 unspecified atom stereocenters. The summed E-state index contributed by atoms with van der Waals surface area (Å²) < 4.78 is 432. The van der Waals surface area contributed by atoms with Crippen molar-refractivity contribution in [1.29, 1.82) is 0 Å². The Morgan fingerprint density at radius 1 is 0.320 bits per heavy atom. The second kappa shape index (κ2) is 34.7. The van der Waals surface area contributed by atoms with E-state index in [2.05, 4.69) is 6.92 Å². The highest BCUT2D eigenvalue weighted by Gasteiger charge is 2.94. The molecule has 3 rings (SSSR count). The predicted octanol–water partition coefficient (Wildman–Crippen LogP) is 22.7. The van der Waals surface area contributed by atoms with Crippen LogP contribution in [0.25, 0.3) is 0 Å². The van der Waals surface area contributed by atoms with Gasteiger partial charge < -0.3 is 23.7 Å². The van der Waals surface area contributed by atoms with Crippen molar-refractivity contribution in [2.24, 2.45) is 0 Å². The number of rotatable bonds is 45. The monoisotopic (exact) mass is 1510 g/mol. The highest BCUT2D eigenvalue weighted by molar-refractivity contribution is 5.92. The van der Waals surface area contributed by atoms with E-state index in [0.29, 0.717) is 6.42 Å². The molecule has 0 saturated heterocycles. The van der Waals surface area contributed by atoms with Crippen molar-refractivity contribution in [3.8, 4) is 23.0 Å². The summed E-state index contributed by atoms with van der Waals surface area (Å²) >= 11 is 0. The molecule has 0 aromatic heterocycles. The molecule has 3 aromatic carbocycles. The van der Waals surface area contributed by atoms with E-state index < -0.39 is 146 Å². The predicted molar refractivity (Wildman–Crippen MR) is 293 cm³/mol. The maximum atomic E-state index is 14.2. The number of alkyl halides is 30. The first-order valence-corrected chi connectivity index (χ1v) is 30.6. The summed E-state index contributed by atoms with van der Waals surface area (Å²) in [5.74, 6) is -95.9. The Morgan fingerprint density at radius 2 is 0.620 bits per heavy atom. The molecule has 0 bridgehead atoms. The van der Waals surface area contributed by atoms with Crippen LogP contribution in [0.2, 0.25) is 0 Å². The third-order valence-electron chi connectivity index (χ3n) is 15.3. The summed E-state index contributed by atoms with van der Waals surface area (Å²) in [6, 6.07) is 14.1. The minimum Gasteiger partial charge on any atom is -0.494 e. The van der Waals surface area contributed by atoms with Crippen LogP contribution in [0.5, 0.6) is 23.0 Å². The fourth-order valence-corrected chi connectivity index (χ4v) is 9.17. The first-order chi connectivity index (χ1) is 45.7. The Hall–Kier alpha value is -6.43. The van der Waals surface area contributed by atoms with Gasteiger partial charge in [0.15, 0.2) is 0 Å². The minimum absolute atomic E-state index is 0.0390. The molecule has 0 aliphatic rings. The second-order valence-corrected chi connectivity index (χ2v) is 23.1. The van der Waals surface area contributed by atoms with Crippen molar-refractivity contribution >= 4 is 17.9 Å². The van der Waals surface area contributed by atoms with Crippen LogP contribution in [-0.4, -0.2) is 115 Å².